The van der Waals surface area contributed by atoms with Crippen LogP contribution in [-0.4, -0.2) is 20.0 Å². The second-order valence-electron chi connectivity index (χ2n) is 4.34. The van der Waals surface area contributed by atoms with Gasteiger partial charge < -0.3 is 9.47 Å². The molecule has 2 aromatic carbocycles. The molecule has 0 atom stereocenters. The fourth-order valence-corrected chi connectivity index (χ4v) is 2.02. The minimum atomic E-state index is -0.645. The first kappa shape index (κ1) is 14.1. The van der Waals surface area contributed by atoms with Crippen LogP contribution in [-0.2, 0) is 0 Å². The number of ketones is 1. The zero-order valence-electron chi connectivity index (χ0n) is 11.6. The van der Waals surface area contributed by atoms with E-state index in [0.717, 1.165) is 5.56 Å². The summed E-state index contributed by atoms with van der Waals surface area (Å²) >= 11 is 0. The highest BCUT2D eigenvalue weighted by atomic mass is 19.1. The minimum absolute atomic E-state index is 0.00563. The van der Waals surface area contributed by atoms with Gasteiger partial charge in [-0.3, -0.25) is 4.79 Å². The lowest BCUT2D eigenvalue weighted by atomic mass is 10.0. The molecule has 0 aliphatic heterocycles. The zero-order chi connectivity index (χ0) is 14.7. The van der Waals surface area contributed by atoms with Crippen LogP contribution in [0, 0.1) is 12.7 Å². The van der Waals surface area contributed by atoms with Gasteiger partial charge in [0.1, 0.15) is 5.75 Å². The van der Waals surface area contributed by atoms with E-state index in [4.69, 9.17) is 9.47 Å². The van der Waals surface area contributed by atoms with Gasteiger partial charge in [-0.1, -0.05) is 6.07 Å². The monoisotopic (exact) mass is 274 g/mol. The van der Waals surface area contributed by atoms with Crippen LogP contribution in [0.4, 0.5) is 4.39 Å². The standard InChI is InChI=1S/C16H15FO3/c1-10-9-11(7-8-13(10)19-2)16(18)12-5-4-6-14(20-3)15(12)17/h4-9H,1-3H3. The Hall–Kier alpha value is -2.36. The summed E-state index contributed by atoms with van der Waals surface area (Å²) in [6.07, 6.45) is 0. The molecule has 20 heavy (non-hydrogen) atoms. The predicted molar refractivity (Wildman–Crippen MR) is 74.1 cm³/mol. The van der Waals surface area contributed by atoms with Crippen molar-refractivity contribution in [2.24, 2.45) is 0 Å². The molecule has 2 aromatic rings. The Morgan fingerprint density at radius 1 is 1.05 bits per heavy atom. The van der Waals surface area contributed by atoms with Gasteiger partial charge in [-0.15, -0.1) is 0 Å². The number of hydrogen-bond acceptors (Lipinski definition) is 3. The highest BCUT2D eigenvalue weighted by molar-refractivity contribution is 6.09. The lowest BCUT2D eigenvalue weighted by Crippen LogP contribution is -2.06. The number of ether oxygens (including phenoxy) is 2. The Balaban J connectivity index is 2.44. The van der Waals surface area contributed by atoms with Gasteiger partial charge in [0.15, 0.2) is 17.3 Å². The molecule has 0 aliphatic rings. The maximum Gasteiger partial charge on any atom is 0.196 e. The van der Waals surface area contributed by atoms with E-state index in [9.17, 15) is 9.18 Å². The highest BCUT2D eigenvalue weighted by Gasteiger charge is 2.17. The van der Waals surface area contributed by atoms with E-state index in [2.05, 4.69) is 0 Å². The van der Waals surface area contributed by atoms with Gasteiger partial charge in [0.25, 0.3) is 0 Å². The second-order valence-corrected chi connectivity index (χ2v) is 4.34. The van der Waals surface area contributed by atoms with Gasteiger partial charge in [-0.05, 0) is 42.8 Å². The van der Waals surface area contributed by atoms with Crippen LogP contribution in [0.3, 0.4) is 0 Å². The lowest BCUT2D eigenvalue weighted by molar-refractivity contribution is 0.103. The van der Waals surface area contributed by atoms with E-state index in [0.29, 0.717) is 11.3 Å². The van der Waals surface area contributed by atoms with Crippen molar-refractivity contribution in [2.45, 2.75) is 6.92 Å². The maximum absolute atomic E-state index is 14.1. The Morgan fingerprint density at radius 2 is 1.75 bits per heavy atom. The van der Waals surface area contributed by atoms with Crippen molar-refractivity contribution in [3.05, 3.63) is 58.9 Å². The molecule has 0 unspecified atom stereocenters. The number of carbonyl (C=O) groups is 1. The fraction of sp³-hybridized carbons (Fsp3) is 0.188. The third kappa shape index (κ3) is 2.50. The SMILES string of the molecule is COc1ccc(C(=O)c2cccc(OC)c2F)cc1C. The van der Waals surface area contributed by atoms with Crippen molar-refractivity contribution in [3.8, 4) is 11.5 Å². The van der Waals surface area contributed by atoms with Gasteiger partial charge >= 0.3 is 0 Å². The van der Waals surface area contributed by atoms with E-state index in [1.807, 2.05) is 6.92 Å². The molecule has 0 N–H and O–H groups in total. The normalized spacial score (nSPS) is 10.2. The number of carbonyl (C=O) groups excluding carboxylic acids is 1. The number of methoxy groups -OCH3 is 2. The van der Waals surface area contributed by atoms with Gasteiger partial charge in [-0.25, -0.2) is 4.39 Å². The second kappa shape index (κ2) is 5.74. The summed E-state index contributed by atoms with van der Waals surface area (Å²) in [5.41, 5.74) is 1.23. The Bertz CT molecular complexity index is 650. The largest absolute Gasteiger partial charge is 0.496 e. The van der Waals surface area contributed by atoms with Crippen LogP contribution in [0.5, 0.6) is 11.5 Å². The average molecular weight is 274 g/mol. The summed E-state index contributed by atoms with van der Waals surface area (Å²) < 4.78 is 24.1. The van der Waals surface area contributed by atoms with Crippen LogP contribution < -0.4 is 9.47 Å². The summed E-state index contributed by atoms with van der Waals surface area (Å²) in [6, 6.07) is 9.50. The molecule has 0 aliphatic carbocycles. The van der Waals surface area contributed by atoms with Crippen LogP contribution in [0.15, 0.2) is 36.4 Å². The van der Waals surface area contributed by atoms with Crippen molar-refractivity contribution in [1.82, 2.24) is 0 Å². The molecule has 0 saturated heterocycles. The molecule has 104 valence electrons. The minimum Gasteiger partial charge on any atom is -0.496 e. The summed E-state index contributed by atoms with van der Waals surface area (Å²) in [6.45, 7) is 1.83. The number of rotatable bonds is 4. The number of aryl methyl sites for hydroxylation is 1. The molecule has 0 bridgehead atoms. The van der Waals surface area contributed by atoms with E-state index in [1.165, 1.54) is 19.2 Å². The average Bonchev–Trinajstić information content (AvgIpc) is 2.46. The molecule has 0 saturated carbocycles. The van der Waals surface area contributed by atoms with Gasteiger partial charge in [-0.2, -0.15) is 0 Å². The van der Waals surface area contributed by atoms with E-state index in [1.54, 1.807) is 31.4 Å². The van der Waals surface area contributed by atoms with Crippen LogP contribution >= 0.6 is 0 Å². The maximum atomic E-state index is 14.1. The third-order valence-electron chi connectivity index (χ3n) is 3.08. The topological polar surface area (TPSA) is 35.5 Å². The molecule has 4 heteroatoms. The summed E-state index contributed by atoms with van der Waals surface area (Å²) in [4.78, 5) is 12.4. The van der Waals surface area contributed by atoms with Crippen molar-refractivity contribution in [3.63, 3.8) is 0 Å². The van der Waals surface area contributed by atoms with Crippen LogP contribution in [0.25, 0.3) is 0 Å². The molecule has 0 radical (unpaired) electrons. The Kier molecular flexibility index (Phi) is 4.03. The van der Waals surface area contributed by atoms with Gasteiger partial charge in [0, 0.05) is 5.56 Å². The van der Waals surface area contributed by atoms with Gasteiger partial charge in [0.2, 0.25) is 0 Å². The quantitative estimate of drug-likeness (QED) is 0.802. The first-order valence-electron chi connectivity index (χ1n) is 6.10. The number of benzene rings is 2. The Morgan fingerprint density at radius 3 is 2.35 bits per heavy atom. The van der Waals surface area contributed by atoms with Gasteiger partial charge in [0.05, 0.1) is 19.8 Å². The van der Waals surface area contributed by atoms with Crippen molar-refractivity contribution in [1.29, 1.82) is 0 Å². The van der Waals surface area contributed by atoms with Crippen molar-refractivity contribution >= 4 is 5.78 Å². The molecule has 0 spiro atoms. The zero-order valence-corrected chi connectivity index (χ0v) is 11.6. The molecule has 3 nitrogen and oxygen atoms in total. The smallest absolute Gasteiger partial charge is 0.196 e. The van der Waals surface area contributed by atoms with Crippen molar-refractivity contribution in [2.75, 3.05) is 14.2 Å². The predicted octanol–water partition coefficient (Wildman–Crippen LogP) is 3.38. The highest BCUT2D eigenvalue weighted by Crippen LogP contribution is 2.24. The molecule has 0 heterocycles. The molecule has 0 fully saturated rings. The lowest BCUT2D eigenvalue weighted by Gasteiger charge is -2.09. The first-order valence-corrected chi connectivity index (χ1v) is 6.10. The summed E-state index contributed by atoms with van der Waals surface area (Å²) in [5, 5.41) is 0. The molecule has 0 aromatic heterocycles. The number of halogens is 1. The van der Waals surface area contributed by atoms with Crippen LogP contribution in [0.2, 0.25) is 0 Å². The van der Waals surface area contributed by atoms with E-state index >= 15 is 0 Å². The molecule has 0 amide bonds. The molecular formula is C16H15FO3. The first-order chi connectivity index (χ1) is 9.58. The summed E-state index contributed by atoms with van der Waals surface area (Å²) in [5.74, 6) is -0.283. The molecule has 2 rings (SSSR count). The van der Waals surface area contributed by atoms with E-state index < -0.39 is 5.82 Å². The fourth-order valence-electron chi connectivity index (χ4n) is 2.02. The Labute approximate surface area is 117 Å². The van der Waals surface area contributed by atoms with Crippen molar-refractivity contribution < 1.29 is 18.7 Å². The molecular weight excluding hydrogens is 259 g/mol. The van der Waals surface area contributed by atoms with E-state index in [-0.39, 0.29) is 17.1 Å². The van der Waals surface area contributed by atoms with Crippen LogP contribution in [0.1, 0.15) is 21.5 Å². The summed E-state index contributed by atoms with van der Waals surface area (Å²) in [7, 11) is 2.93. The number of hydrogen-bond donors (Lipinski definition) is 0. The third-order valence-corrected chi connectivity index (χ3v) is 3.08.